The van der Waals surface area contributed by atoms with E-state index < -0.39 is 0 Å². The van der Waals surface area contributed by atoms with Gasteiger partial charge in [0.15, 0.2) is 0 Å². The van der Waals surface area contributed by atoms with Crippen LogP contribution in [-0.4, -0.2) is 19.5 Å². The largest absolute Gasteiger partial charge is 0.210 e. The van der Waals surface area contributed by atoms with Crippen LogP contribution in [0.5, 0.6) is 0 Å². The molecule has 0 aromatic heterocycles. The van der Waals surface area contributed by atoms with Crippen LogP contribution in [0.2, 0.25) is 0 Å². The number of hydrogen-bond acceptors (Lipinski definition) is 0. The summed E-state index contributed by atoms with van der Waals surface area (Å²) in [7, 11) is 2.89. The fourth-order valence-corrected chi connectivity index (χ4v) is 3.23. The van der Waals surface area contributed by atoms with Gasteiger partial charge in [0.1, 0.15) is 0 Å². The predicted molar refractivity (Wildman–Crippen MR) is 97.2 cm³/mol. The van der Waals surface area contributed by atoms with Gasteiger partial charge in [-0.3, -0.25) is 0 Å². The summed E-state index contributed by atoms with van der Waals surface area (Å²) in [6, 6.07) is 13.4. The third-order valence-electron chi connectivity index (χ3n) is 4.30. The van der Waals surface area contributed by atoms with Crippen LogP contribution in [0.15, 0.2) is 36.4 Å². The van der Waals surface area contributed by atoms with E-state index >= 15 is 0 Å². The number of rotatable bonds is 0. The summed E-state index contributed by atoms with van der Waals surface area (Å²) in [4.78, 5) is 0. The van der Waals surface area contributed by atoms with E-state index in [0.717, 1.165) is 0 Å². The van der Waals surface area contributed by atoms with E-state index in [-0.39, 0.29) is 25.8 Å². The number of aryl methyl sites for hydroxylation is 4. The van der Waals surface area contributed by atoms with Crippen molar-refractivity contribution in [1.29, 1.82) is 0 Å². The third-order valence-corrected chi connectivity index (χ3v) is 4.30. The van der Waals surface area contributed by atoms with Crippen molar-refractivity contribution in [3.8, 4) is 0 Å². The van der Waals surface area contributed by atoms with Gasteiger partial charge in [-0.1, -0.05) is 51.4 Å². The Labute approximate surface area is 154 Å². The first kappa shape index (κ1) is 19.1. The minimum Gasteiger partial charge on any atom is -0.210 e. The summed E-state index contributed by atoms with van der Waals surface area (Å²) in [6.45, 7) is 0. The molecule has 0 N–H and O–H groups in total. The molecule has 4 rings (SSSR count). The molecule has 0 amide bonds. The molecular formula is C18H28HfSi2-2. The van der Waals surface area contributed by atoms with Crippen LogP contribution in [-0.2, 0) is 51.5 Å². The molecule has 2 aromatic rings. The summed E-state index contributed by atoms with van der Waals surface area (Å²) in [6.07, 6.45) is 10.9. The van der Waals surface area contributed by atoms with Crippen LogP contribution in [0.3, 0.4) is 0 Å². The minimum atomic E-state index is 0. The van der Waals surface area contributed by atoms with Gasteiger partial charge >= 0.3 is 0 Å². The molecule has 3 heteroatoms. The first-order valence-electron chi connectivity index (χ1n) is 8.40. The second-order valence-corrected chi connectivity index (χ2v) is 5.57. The zero-order valence-electron chi connectivity index (χ0n) is 13.6. The molecule has 0 spiro atoms. The van der Waals surface area contributed by atoms with Crippen LogP contribution in [0.25, 0.3) is 0 Å². The van der Waals surface area contributed by atoms with Crippen molar-refractivity contribution in [1.82, 2.24) is 0 Å². The Morgan fingerprint density at radius 1 is 0.667 bits per heavy atom. The molecule has 0 bridgehead atoms. The van der Waals surface area contributed by atoms with E-state index in [2.05, 4.69) is 36.4 Å². The van der Waals surface area contributed by atoms with Crippen molar-refractivity contribution in [3.05, 3.63) is 58.7 Å². The van der Waals surface area contributed by atoms with Crippen molar-refractivity contribution in [2.45, 2.75) is 51.4 Å². The molecular weight excluding hydrogens is 451 g/mol. The Balaban J connectivity index is 0.000000181. The average molecular weight is 479 g/mol. The fraction of sp³-hybridized carbons (Fsp3) is 0.444. The maximum Gasteiger partial charge on any atom is 0 e. The fourth-order valence-electron chi connectivity index (χ4n) is 3.23. The van der Waals surface area contributed by atoms with Crippen LogP contribution in [0.4, 0.5) is 0 Å². The molecule has 2 aliphatic rings. The molecule has 0 saturated heterocycles. The van der Waals surface area contributed by atoms with Gasteiger partial charge in [0.05, 0.1) is 0 Å². The van der Waals surface area contributed by atoms with E-state index in [0.29, 0.717) is 0 Å². The summed E-state index contributed by atoms with van der Waals surface area (Å²) >= 11 is 0. The molecule has 0 radical (unpaired) electrons. The van der Waals surface area contributed by atoms with Crippen LogP contribution in [0, 0.1) is 0 Å². The Kier molecular flexibility index (Phi) is 9.69. The maximum atomic E-state index is 2.26. The van der Waals surface area contributed by atoms with Crippen molar-refractivity contribution >= 4 is 19.5 Å². The first-order chi connectivity index (χ1) is 9.93. The van der Waals surface area contributed by atoms with Gasteiger partial charge in [-0.2, -0.15) is 46.5 Å². The summed E-state index contributed by atoms with van der Waals surface area (Å²) in [5, 5.41) is 0. The summed E-state index contributed by atoms with van der Waals surface area (Å²) in [5.41, 5.74) is 6.39. The number of hydrogen-bond donors (Lipinski definition) is 0. The second-order valence-electron chi connectivity index (χ2n) is 5.57. The topological polar surface area (TPSA) is 0 Å². The molecule has 0 aliphatic heterocycles. The third kappa shape index (κ3) is 5.61. The van der Waals surface area contributed by atoms with Crippen LogP contribution >= 0.6 is 0 Å². The summed E-state index contributed by atoms with van der Waals surface area (Å²) in [5.74, 6) is 0. The minimum absolute atomic E-state index is 0. The van der Waals surface area contributed by atoms with Gasteiger partial charge < -0.3 is 0 Å². The normalized spacial score (nSPS) is 15.4. The van der Waals surface area contributed by atoms with Gasteiger partial charge in [0, 0.05) is 25.8 Å². The molecule has 2 aliphatic carbocycles. The van der Waals surface area contributed by atoms with Crippen molar-refractivity contribution < 1.29 is 25.8 Å². The van der Waals surface area contributed by atoms with Crippen molar-refractivity contribution in [2.24, 2.45) is 0 Å². The van der Waals surface area contributed by atoms with Crippen LogP contribution < -0.4 is 0 Å². The quantitative estimate of drug-likeness (QED) is 0.402. The van der Waals surface area contributed by atoms with E-state index in [1.54, 1.807) is 22.3 Å². The zero-order valence-corrected chi connectivity index (χ0v) is 21.2. The summed E-state index contributed by atoms with van der Waals surface area (Å²) < 4.78 is 0. The zero-order chi connectivity index (χ0) is 14.2. The molecule has 0 heterocycles. The van der Waals surface area contributed by atoms with Gasteiger partial charge in [0.25, 0.3) is 0 Å². The van der Waals surface area contributed by atoms with E-state index in [9.17, 15) is 0 Å². The monoisotopic (exact) mass is 480 g/mol. The Bertz CT molecular complexity index is 412. The average Bonchev–Trinajstić information content (AvgIpc) is 3.18. The molecule has 0 unspecified atom stereocenters. The molecule has 21 heavy (non-hydrogen) atoms. The molecule has 114 valence electrons. The van der Waals surface area contributed by atoms with Crippen molar-refractivity contribution in [3.63, 3.8) is 0 Å². The molecule has 0 fully saturated rings. The second kappa shape index (κ2) is 10.7. The molecule has 0 atom stereocenters. The molecule has 0 nitrogen and oxygen atoms in total. The SMILES string of the molecule is [Hf].[SiH3][SiH3].c1cc2c([cH-]1)CCCC2.c1cc2c([cH-]1)CCCC2. The van der Waals surface area contributed by atoms with E-state index in [1.807, 2.05) is 0 Å². The standard InChI is InChI=1S/2C9H11.Hf.H6Si2/c2*1-2-5-9-7-3-6-8(9)4-1;;1-2/h2*3,6-7H,1-2,4-5H2;;1-2H3/q2*-1;;. The maximum absolute atomic E-state index is 2.26. The van der Waals surface area contributed by atoms with Crippen LogP contribution in [0.1, 0.15) is 47.9 Å². The van der Waals surface area contributed by atoms with E-state index in [1.165, 1.54) is 70.9 Å². The first-order valence-corrected chi connectivity index (χ1v) is 16.4. The van der Waals surface area contributed by atoms with E-state index in [4.69, 9.17) is 0 Å². The molecule has 2 aromatic carbocycles. The van der Waals surface area contributed by atoms with Gasteiger partial charge in [0.2, 0.25) is 0 Å². The Morgan fingerprint density at radius 3 is 1.43 bits per heavy atom. The van der Waals surface area contributed by atoms with Gasteiger partial charge in [-0.15, -0.1) is 0 Å². The smallest absolute Gasteiger partial charge is 0 e. The van der Waals surface area contributed by atoms with Crippen molar-refractivity contribution in [2.75, 3.05) is 0 Å². The Morgan fingerprint density at radius 2 is 1.05 bits per heavy atom. The van der Waals surface area contributed by atoms with Gasteiger partial charge in [-0.05, 0) is 19.5 Å². The number of fused-ring (bicyclic) bond motifs is 2. The molecule has 0 saturated carbocycles. The van der Waals surface area contributed by atoms with Gasteiger partial charge in [-0.25, -0.2) is 12.1 Å². The Hall–Kier alpha value is 0.00390. The predicted octanol–water partition coefficient (Wildman–Crippen LogP) is 2.20.